The van der Waals surface area contributed by atoms with E-state index in [1.807, 2.05) is 31.2 Å². The smallest absolute Gasteiger partial charge is 0.428 e. The molecule has 2 atom stereocenters. The molecule has 10 heteroatoms. The van der Waals surface area contributed by atoms with Gasteiger partial charge in [-0.05, 0) is 44.0 Å². The largest absolute Gasteiger partial charge is 0.494 e. The highest BCUT2D eigenvalue weighted by Crippen LogP contribution is 2.25. The van der Waals surface area contributed by atoms with Crippen molar-refractivity contribution in [3.63, 3.8) is 0 Å². The van der Waals surface area contributed by atoms with Crippen LogP contribution in [0, 0.1) is 0 Å². The predicted molar refractivity (Wildman–Crippen MR) is 143 cm³/mol. The van der Waals surface area contributed by atoms with Gasteiger partial charge in [-0.15, -0.1) is 0 Å². The maximum absolute atomic E-state index is 13.4. The predicted octanol–water partition coefficient (Wildman–Crippen LogP) is 7.33. The van der Waals surface area contributed by atoms with Gasteiger partial charge >= 0.3 is 12.1 Å². The number of rotatable bonds is 19. The maximum atomic E-state index is 13.4. The van der Waals surface area contributed by atoms with Gasteiger partial charge in [-0.3, -0.25) is 0 Å². The molecular formula is C29H41F3N2O5. The number of benzene rings is 1. The Bertz CT molecular complexity index is 939. The van der Waals surface area contributed by atoms with E-state index in [2.05, 4.69) is 21.6 Å². The molecule has 0 amide bonds. The van der Waals surface area contributed by atoms with Gasteiger partial charge in [-0.25, -0.2) is 14.8 Å². The highest BCUT2D eigenvalue weighted by atomic mass is 19.4. The summed E-state index contributed by atoms with van der Waals surface area (Å²) < 4.78 is 61.2. The molecule has 1 aromatic heterocycles. The van der Waals surface area contributed by atoms with Gasteiger partial charge in [0.15, 0.2) is 17.7 Å². The van der Waals surface area contributed by atoms with Crippen LogP contribution in [0.25, 0.3) is 11.4 Å². The number of halogens is 3. The van der Waals surface area contributed by atoms with Gasteiger partial charge in [0.1, 0.15) is 12.4 Å². The van der Waals surface area contributed by atoms with E-state index in [0.717, 1.165) is 37.0 Å². The van der Waals surface area contributed by atoms with Crippen LogP contribution in [0.2, 0.25) is 0 Å². The van der Waals surface area contributed by atoms with Crippen LogP contribution in [0.1, 0.15) is 78.6 Å². The van der Waals surface area contributed by atoms with E-state index < -0.39 is 31.0 Å². The first-order valence-corrected chi connectivity index (χ1v) is 13.8. The standard InChI is InChI=1S/C29H41F3N2O5/c1-4-6-8-9-10-12-18-37-24-15-13-23(14-16-24)27-33-19-25(20-34-27)38-21-26(29(30,31)32)39-28(35)22(3)36-17-11-7-5-2/h13-16,19-20,22,26H,4-12,17-18,21H2,1-3H3. The van der Waals surface area contributed by atoms with Crippen molar-refractivity contribution in [3.8, 4) is 22.9 Å². The second-order valence-electron chi connectivity index (χ2n) is 9.38. The molecule has 0 N–H and O–H groups in total. The number of nitrogens with zero attached hydrogens (tertiary/aromatic N) is 2. The minimum atomic E-state index is -4.81. The molecule has 0 bridgehead atoms. The summed E-state index contributed by atoms with van der Waals surface area (Å²) in [5.41, 5.74) is 0.725. The molecule has 218 valence electrons. The van der Waals surface area contributed by atoms with E-state index in [4.69, 9.17) is 14.2 Å². The number of carbonyl (C=O) groups excluding carboxylic acids is 1. The molecule has 1 aromatic carbocycles. The molecule has 0 saturated heterocycles. The fourth-order valence-electron chi connectivity index (χ4n) is 3.60. The van der Waals surface area contributed by atoms with Crippen LogP contribution in [-0.2, 0) is 14.3 Å². The summed E-state index contributed by atoms with van der Waals surface area (Å²) >= 11 is 0. The topological polar surface area (TPSA) is 79.8 Å². The Labute approximate surface area is 229 Å². The molecule has 39 heavy (non-hydrogen) atoms. The highest BCUT2D eigenvalue weighted by molar-refractivity contribution is 5.74. The molecule has 0 radical (unpaired) electrons. The van der Waals surface area contributed by atoms with Crippen LogP contribution in [0.3, 0.4) is 0 Å². The van der Waals surface area contributed by atoms with Gasteiger partial charge in [-0.2, -0.15) is 13.2 Å². The number of aromatic nitrogens is 2. The molecule has 0 fully saturated rings. The van der Waals surface area contributed by atoms with E-state index in [9.17, 15) is 18.0 Å². The summed E-state index contributed by atoms with van der Waals surface area (Å²) in [6, 6.07) is 7.29. The van der Waals surface area contributed by atoms with Crippen LogP contribution >= 0.6 is 0 Å². The fraction of sp³-hybridized carbons (Fsp3) is 0.621. The summed E-state index contributed by atoms with van der Waals surface area (Å²) in [5.74, 6) is 0.0635. The van der Waals surface area contributed by atoms with E-state index in [-0.39, 0.29) is 12.4 Å². The van der Waals surface area contributed by atoms with Crippen molar-refractivity contribution in [1.29, 1.82) is 0 Å². The molecule has 0 saturated carbocycles. The fourth-order valence-corrected chi connectivity index (χ4v) is 3.60. The average molecular weight is 555 g/mol. The van der Waals surface area contributed by atoms with Crippen molar-refractivity contribution >= 4 is 5.97 Å². The third-order valence-corrected chi connectivity index (χ3v) is 5.98. The monoisotopic (exact) mass is 554 g/mol. The Morgan fingerprint density at radius 3 is 2.05 bits per heavy atom. The van der Waals surface area contributed by atoms with Gasteiger partial charge in [0.25, 0.3) is 0 Å². The Morgan fingerprint density at radius 2 is 1.41 bits per heavy atom. The molecular weight excluding hydrogens is 513 g/mol. The first-order valence-electron chi connectivity index (χ1n) is 13.8. The Morgan fingerprint density at radius 1 is 0.821 bits per heavy atom. The van der Waals surface area contributed by atoms with Crippen molar-refractivity contribution < 1.29 is 36.9 Å². The summed E-state index contributed by atoms with van der Waals surface area (Å²) in [6.45, 7) is 5.58. The highest BCUT2D eigenvalue weighted by Gasteiger charge is 2.44. The molecule has 0 aliphatic rings. The lowest BCUT2D eigenvalue weighted by Crippen LogP contribution is -2.41. The van der Waals surface area contributed by atoms with Gasteiger partial charge < -0.3 is 18.9 Å². The molecule has 2 aromatic rings. The number of ether oxygens (including phenoxy) is 4. The van der Waals surface area contributed by atoms with Crippen molar-refractivity contribution in [2.75, 3.05) is 19.8 Å². The molecule has 2 unspecified atom stereocenters. The molecule has 0 spiro atoms. The van der Waals surface area contributed by atoms with Crippen LogP contribution in [-0.4, -0.2) is 54.1 Å². The molecule has 0 aliphatic carbocycles. The van der Waals surface area contributed by atoms with Crippen LogP contribution in [0.4, 0.5) is 13.2 Å². The zero-order valence-corrected chi connectivity index (χ0v) is 23.2. The second kappa shape index (κ2) is 17.7. The van der Waals surface area contributed by atoms with E-state index in [1.165, 1.54) is 45.0 Å². The molecule has 7 nitrogen and oxygen atoms in total. The summed E-state index contributed by atoms with van der Waals surface area (Å²) in [5, 5.41) is 0. The quantitative estimate of drug-likeness (QED) is 0.133. The Kier molecular flexibility index (Phi) is 14.6. The molecule has 1 heterocycles. The zero-order valence-electron chi connectivity index (χ0n) is 23.2. The number of unbranched alkanes of at least 4 members (excludes halogenated alkanes) is 7. The van der Waals surface area contributed by atoms with Crippen LogP contribution in [0.5, 0.6) is 11.5 Å². The lowest BCUT2D eigenvalue weighted by atomic mass is 10.1. The van der Waals surface area contributed by atoms with Crippen molar-refractivity contribution in [3.05, 3.63) is 36.7 Å². The number of alkyl halides is 3. The van der Waals surface area contributed by atoms with Crippen molar-refractivity contribution in [2.24, 2.45) is 0 Å². The van der Waals surface area contributed by atoms with Gasteiger partial charge in [-0.1, -0.05) is 58.8 Å². The minimum absolute atomic E-state index is 0.0202. The molecule has 0 aliphatic heterocycles. The van der Waals surface area contributed by atoms with E-state index >= 15 is 0 Å². The van der Waals surface area contributed by atoms with Crippen molar-refractivity contribution in [1.82, 2.24) is 9.97 Å². The summed E-state index contributed by atoms with van der Waals surface area (Å²) in [6.07, 6.45) is 3.92. The summed E-state index contributed by atoms with van der Waals surface area (Å²) in [4.78, 5) is 20.4. The second-order valence-corrected chi connectivity index (χ2v) is 9.38. The van der Waals surface area contributed by atoms with Crippen LogP contribution < -0.4 is 9.47 Å². The Balaban J connectivity index is 1.83. The number of hydrogen-bond acceptors (Lipinski definition) is 7. The summed E-state index contributed by atoms with van der Waals surface area (Å²) in [7, 11) is 0. The van der Waals surface area contributed by atoms with E-state index in [0.29, 0.717) is 18.9 Å². The maximum Gasteiger partial charge on any atom is 0.428 e. The lowest BCUT2D eigenvalue weighted by molar-refractivity contribution is -0.231. The van der Waals surface area contributed by atoms with Crippen LogP contribution in [0.15, 0.2) is 36.7 Å². The first-order chi connectivity index (χ1) is 18.7. The first kappa shape index (κ1) is 32.3. The Hall–Kier alpha value is -2.88. The van der Waals surface area contributed by atoms with Crippen molar-refractivity contribution in [2.45, 2.75) is 96.9 Å². The third kappa shape index (κ3) is 12.7. The SMILES string of the molecule is CCCCCCCCOc1ccc(-c2ncc(OCC(OC(=O)C(C)OCCCCC)C(F)(F)F)cn2)cc1. The van der Waals surface area contributed by atoms with Gasteiger partial charge in [0.2, 0.25) is 6.10 Å². The number of carbonyl (C=O) groups is 1. The van der Waals surface area contributed by atoms with Gasteiger partial charge in [0.05, 0.1) is 19.0 Å². The molecule has 2 rings (SSSR count). The normalized spacial score (nSPS) is 13.1. The lowest BCUT2D eigenvalue weighted by Gasteiger charge is -2.22. The number of esters is 1. The minimum Gasteiger partial charge on any atom is -0.494 e. The zero-order chi connectivity index (χ0) is 28.5. The van der Waals surface area contributed by atoms with E-state index in [1.54, 1.807) is 0 Å². The van der Waals surface area contributed by atoms with Gasteiger partial charge in [0, 0.05) is 12.2 Å². The number of hydrogen-bond donors (Lipinski definition) is 0. The third-order valence-electron chi connectivity index (χ3n) is 5.98. The average Bonchev–Trinajstić information content (AvgIpc) is 2.92.